The van der Waals surface area contributed by atoms with E-state index in [0.29, 0.717) is 6.54 Å². The van der Waals surface area contributed by atoms with E-state index in [4.69, 9.17) is 4.11 Å². The monoisotopic (exact) mass is 138 g/mol. The van der Waals surface area contributed by atoms with Crippen molar-refractivity contribution in [2.75, 3.05) is 14.0 Å². The molecule has 0 heterocycles. The van der Waals surface area contributed by atoms with Crippen LogP contribution in [-0.2, 0) is 6.54 Å². The van der Waals surface area contributed by atoms with Gasteiger partial charge in [0, 0.05) is 10.7 Å². The molecule has 1 rings (SSSR count). The third-order valence-electron chi connectivity index (χ3n) is 1.26. The quantitative estimate of drug-likeness (QED) is 0.601. The Hall–Kier alpha value is -0.820. The highest BCUT2D eigenvalue weighted by Crippen LogP contribution is 1.99. The van der Waals surface area contributed by atoms with Gasteiger partial charge in [-0.15, -0.1) is 0 Å². The second kappa shape index (κ2) is 3.37. The molecule has 0 aliphatic carbocycles. The van der Waals surface area contributed by atoms with Crippen LogP contribution in [0.2, 0.25) is 0 Å². The molecule has 1 aromatic carbocycles. The highest BCUT2D eigenvalue weighted by Gasteiger charge is 1.90. The van der Waals surface area contributed by atoms with E-state index in [-0.39, 0.29) is 0 Å². The molecule has 0 saturated carbocycles. The summed E-state index contributed by atoms with van der Waals surface area (Å²) >= 11 is 0. The van der Waals surface area contributed by atoms with Crippen LogP contribution in [0.15, 0.2) is 30.3 Å². The van der Waals surface area contributed by atoms with E-state index in [1.54, 1.807) is 7.05 Å². The van der Waals surface area contributed by atoms with Crippen LogP contribution in [0.1, 0.15) is 9.68 Å². The summed E-state index contributed by atoms with van der Waals surface area (Å²) in [5, 5.41) is 0. The molecule has 0 aliphatic heterocycles. The lowest BCUT2D eigenvalue weighted by Gasteiger charge is -2.08. The van der Waals surface area contributed by atoms with Gasteiger partial charge in [-0.3, -0.25) is 0 Å². The molecule has 0 unspecified atom stereocenters. The van der Waals surface area contributed by atoms with Crippen molar-refractivity contribution in [3.05, 3.63) is 35.9 Å². The normalized spacial score (nSPS) is 16.0. The van der Waals surface area contributed by atoms with Crippen LogP contribution < -0.4 is 0 Å². The largest absolute Gasteiger partial charge is 0.305 e. The molecule has 0 radical (unpaired) electrons. The Bertz CT molecular complexity index is 255. The molecule has 54 valence electrons. The molecule has 0 spiro atoms. The van der Waals surface area contributed by atoms with E-state index in [9.17, 15) is 0 Å². The van der Waals surface area contributed by atoms with Gasteiger partial charge < -0.3 is 4.90 Å². The summed E-state index contributed by atoms with van der Waals surface area (Å²) < 4.78 is 21.4. The second-order valence-electron chi connectivity index (χ2n) is 2.34. The van der Waals surface area contributed by atoms with Gasteiger partial charge in [0.05, 0.1) is 0 Å². The van der Waals surface area contributed by atoms with Crippen molar-refractivity contribution in [3.63, 3.8) is 0 Å². The van der Waals surface area contributed by atoms with Crippen molar-refractivity contribution < 1.29 is 4.11 Å². The van der Waals surface area contributed by atoms with Crippen LogP contribution in [0.25, 0.3) is 0 Å². The fourth-order valence-corrected chi connectivity index (χ4v) is 0.857. The first-order chi connectivity index (χ1) is 6.00. The molecule has 0 fully saturated rings. The van der Waals surface area contributed by atoms with Gasteiger partial charge in [-0.05, 0) is 19.6 Å². The third-order valence-corrected chi connectivity index (χ3v) is 1.26. The van der Waals surface area contributed by atoms with Gasteiger partial charge in [0.2, 0.25) is 0 Å². The molecule has 1 heteroatoms. The summed E-state index contributed by atoms with van der Waals surface area (Å²) in [7, 11) is 1.60. The van der Waals surface area contributed by atoms with Crippen molar-refractivity contribution in [1.82, 2.24) is 4.90 Å². The molecule has 10 heavy (non-hydrogen) atoms. The summed E-state index contributed by atoms with van der Waals surface area (Å²) in [4.78, 5) is 1.35. The Labute approximate surface area is 66.5 Å². The van der Waals surface area contributed by atoms with E-state index in [1.165, 1.54) is 4.90 Å². The Kier molecular flexibility index (Phi) is 1.40. The van der Waals surface area contributed by atoms with E-state index in [0.717, 1.165) is 5.56 Å². The Balaban J connectivity index is 2.61. The lowest BCUT2D eigenvalue weighted by molar-refractivity contribution is 0.402. The van der Waals surface area contributed by atoms with Crippen LogP contribution in [0.5, 0.6) is 0 Å². The third kappa shape index (κ3) is 2.19. The number of rotatable bonds is 2. The van der Waals surface area contributed by atoms with Gasteiger partial charge in [-0.25, -0.2) is 0 Å². The Morgan fingerprint density at radius 2 is 2.10 bits per heavy atom. The SMILES string of the molecule is [2H]C([2H])([2H])N(C)Cc1ccccc1. The first kappa shape index (κ1) is 4.14. The summed E-state index contributed by atoms with van der Waals surface area (Å²) in [6, 6.07) is 9.56. The van der Waals surface area contributed by atoms with Gasteiger partial charge >= 0.3 is 0 Å². The number of benzene rings is 1. The van der Waals surface area contributed by atoms with E-state index < -0.39 is 6.98 Å². The first-order valence-electron chi connectivity index (χ1n) is 4.75. The van der Waals surface area contributed by atoms with E-state index >= 15 is 0 Å². The summed E-state index contributed by atoms with van der Waals surface area (Å²) in [5.74, 6) is 0. The maximum atomic E-state index is 7.15. The van der Waals surface area contributed by atoms with Gasteiger partial charge in [0.15, 0.2) is 0 Å². The van der Waals surface area contributed by atoms with Crippen molar-refractivity contribution in [1.29, 1.82) is 0 Å². The minimum absolute atomic E-state index is 0.456. The molecular formula is C9H13N. The highest BCUT2D eigenvalue weighted by molar-refractivity contribution is 5.14. The zero-order valence-corrected chi connectivity index (χ0v) is 6.04. The molecule has 1 aromatic rings. The smallest absolute Gasteiger partial charge is 0.0394 e. The molecule has 0 aromatic heterocycles. The average molecular weight is 138 g/mol. The molecule has 0 atom stereocenters. The average Bonchev–Trinajstić information content (AvgIpc) is 2.04. The van der Waals surface area contributed by atoms with Crippen LogP contribution in [0, 0.1) is 0 Å². The summed E-state index contributed by atoms with van der Waals surface area (Å²) in [6.07, 6.45) is 0. The molecular weight excluding hydrogens is 122 g/mol. The maximum absolute atomic E-state index is 7.15. The second-order valence-corrected chi connectivity index (χ2v) is 2.34. The van der Waals surface area contributed by atoms with Crippen LogP contribution in [0.4, 0.5) is 0 Å². The lowest BCUT2D eigenvalue weighted by atomic mass is 10.2. The molecule has 0 N–H and O–H groups in total. The van der Waals surface area contributed by atoms with Crippen molar-refractivity contribution >= 4 is 0 Å². The highest BCUT2D eigenvalue weighted by atomic mass is 15.0. The molecule has 0 bridgehead atoms. The zero-order valence-electron chi connectivity index (χ0n) is 9.04. The minimum Gasteiger partial charge on any atom is -0.305 e. The maximum Gasteiger partial charge on any atom is 0.0394 e. The topological polar surface area (TPSA) is 3.24 Å². The van der Waals surface area contributed by atoms with Crippen molar-refractivity contribution in [2.45, 2.75) is 6.54 Å². The van der Waals surface area contributed by atoms with Crippen molar-refractivity contribution in [3.8, 4) is 0 Å². The Morgan fingerprint density at radius 3 is 2.70 bits per heavy atom. The minimum atomic E-state index is -2.00. The van der Waals surface area contributed by atoms with Crippen LogP contribution >= 0.6 is 0 Å². The lowest BCUT2D eigenvalue weighted by Crippen LogP contribution is -2.10. The zero-order chi connectivity index (χ0) is 9.90. The van der Waals surface area contributed by atoms with Gasteiger partial charge in [-0.1, -0.05) is 30.3 Å². The first-order valence-corrected chi connectivity index (χ1v) is 3.25. The predicted octanol–water partition coefficient (Wildman–Crippen LogP) is 1.75. The fourth-order valence-electron chi connectivity index (χ4n) is 0.857. The number of hydrogen-bond acceptors (Lipinski definition) is 1. The van der Waals surface area contributed by atoms with E-state index in [2.05, 4.69) is 0 Å². The summed E-state index contributed by atoms with van der Waals surface area (Å²) in [6.45, 7) is -1.55. The van der Waals surface area contributed by atoms with Crippen molar-refractivity contribution in [2.24, 2.45) is 0 Å². The van der Waals surface area contributed by atoms with Crippen LogP contribution in [0.3, 0.4) is 0 Å². The predicted molar refractivity (Wildman–Crippen MR) is 43.8 cm³/mol. The summed E-state index contributed by atoms with van der Waals surface area (Å²) in [5.41, 5.74) is 1.01. The van der Waals surface area contributed by atoms with Gasteiger partial charge in [0.1, 0.15) is 0 Å². The molecule has 1 nitrogen and oxygen atoms in total. The number of nitrogens with zero attached hydrogens (tertiary/aromatic N) is 1. The standard InChI is InChI=1S/C9H13N/c1-10(2)8-9-6-4-3-5-7-9/h3-7H,8H2,1-2H3/i1D3. The molecule has 0 amide bonds. The van der Waals surface area contributed by atoms with Gasteiger partial charge in [0.25, 0.3) is 0 Å². The van der Waals surface area contributed by atoms with Gasteiger partial charge in [-0.2, -0.15) is 0 Å². The van der Waals surface area contributed by atoms with E-state index in [1.807, 2.05) is 30.3 Å². The molecule has 0 saturated heterocycles. The number of hydrogen-bond donors (Lipinski definition) is 0. The van der Waals surface area contributed by atoms with Crippen LogP contribution in [-0.4, -0.2) is 18.9 Å². The Morgan fingerprint density at radius 1 is 1.40 bits per heavy atom. The fraction of sp³-hybridized carbons (Fsp3) is 0.333. The molecule has 0 aliphatic rings.